The molecule has 0 amide bonds. The van der Waals surface area contributed by atoms with Crippen LogP contribution in [0.5, 0.6) is 0 Å². The van der Waals surface area contributed by atoms with Crippen molar-refractivity contribution in [2.45, 2.75) is 32.2 Å². The average molecular weight is 320 g/mol. The van der Waals surface area contributed by atoms with Crippen molar-refractivity contribution in [2.75, 3.05) is 25.1 Å². The molecule has 0 radical (unpaired) electrons. The maximum atomic E-state index is 11.4. The van der Waals surface area contributed by atoms with Crippen molar-refractivity contribution in [3.63, 3.8) is 0 Å². The van der Waals surface area contributed by atoms with E-state index in [1.807, 2.05) is 11.0 Å². The standard InChI is InChI=1S/C16H20N2O5/c1-11(18(21)22)7-12-8-13-3-5-17(6-4-15(20)23-2)16(13)14(9-12)10-19/h8-11H,3-7H2,1-2H3. The van der Waals surface area contributed by atoms with Crippen LogP contribution in [0.2, 0.25) is 0 Å². The molecule has 2 rings (SSSR count). The molecule has 1 aliphatic rings. The number of esters is 1. The lowest BCUT2D eigenvalue weighted by Crippen LogP contribution is -2.25. The molecule has 23 heavy (non-hydrogen) atoms. The van der Waals surface area contributed by atoms with Gasteiger partial charge >= 0.3 is 5.97 Å². The quantitative estimate of drug-likeness (QED) is 0.328. The largest absolute Gasteiger partial charge is 0.469 e. The normalized spacial score (nSPS) is 14.3. The first-order valence-corrected chi connectivity index (χ1v) is 7.52. The second-order valence-electron chi connectivity index (χ2n) is 5.71. The fourth-order valence-electron chi connectivity index (χ4n) is 2.91. The Morgan fingerprint density at radius 1 is 1.52 bits per heavy atom. The Bertz CT molecular complexity index is 629. The number of ether oxygens (including phenoxy) is 1. The van der Waals surface area contributed by atoms with Gasteiger partial charge in [0.25, 0.3) is 0 Å². The van der Waals surface area contributed by atoms with Gasteiger partial charge in [0, 0.05) is 36.9 Å². The third-order valence-corrected chi connectivity index (χ3v) is 4.08. The second-order valence-corrected chi connectivity index (χ2v) is 5.71. The van der Waals surface area contributed by atoms with E-state index in [0.717, 1.165) is 36.1 Å². The van der Waals surface area contributed by atoms with E-state index in [-0.39, 0.29) is 17.3 Å². The summed E-state index contributed by atoms with van der Waals surface area (Å²) in [5.41, 5.74) is 3.16. The third-order valence-electron chi connectivity index (χ3n) is 4.08. The Morgan fingerprint density at radius 2 is 2.26 bits per heavy atom. The second kappa shape index (κ2) is 7.21. The Kier molecular flexibility index (Phi) is 5.31. The van der Waals surface area contributed by atoms with Gasteiger partial charge in [-0.2, -0.15) is 0 Å². The van der Waals surface area contributed by atoms with Gasteiger partial charge in [-0.1, -0.05) is 6.07 Å². The third kappa shape index (κ3) is 3.85. The molecular weight excluding hydrogens is 300 g/mol. The summed E-state index contributed by atoms with van der Waals surface area (Å²) in [6.45, 7) is 2.77. The summed E-state index contributed by atoms with van der Waals surface area (Å²) in [5, 5.41) is 10.8. The molecule has 1 aliphatic heterocycles. The topological polar surface area (TPSA) is 89.8 Å². The molecular formula is C16H20N2O5. The zero-order chi connectivity index (χ0) is 17.0. The highest BCUT2D eigenvalue weighted by Gasteiger charge is 2.25. The summed E-state index contributed by atoms with van der Waals surface area (Å²) in [4.78, 5) is 35.2. The first-order valence-electron chi connectivity index (χ1n) is 7.52. The number of hydrogen-bond acceptors (Lipinski definition) is 6. The summed E-state index contributed by atoms with van der Waals surface area (Å²) in [6.07, 6.45) is 2.09. The summed E-state index contributed by atoms with van der Waals surface area (Å²) in [5.74, 6) is -0.289. The van der Waals surface area contributed by atoms with Gasteiger partial charge in [0.15, 0.2) is 6.29 Å². The first-order chi connectivity index (χ1) is 11.0. The lowest BCUT2D eigenvalue weighted by molar-refractivity contribution is -0.517. The lowest BCUT2D eigenvalue weighted by atomic mass is 9.99. The van der Waals surface area contributed by atoms with E-state index in [2.05, 4.69) is 4.74 Å². The summed E-state index contributed by atoms with van der Waals surface area (Å²) < 4.78 is 4.64. The van der Waals surface area contributed by atoms with Crippen LogP contribution in [-0.4, -0.2) is 43.4 Å². The van der Waals surface area contributed by atoms with Crippen molar-refractivity contribution in [1.82, 2.24) is 0 Å². The molecule has 1 heterocycles. The number of aldehydes is 1. The van der Waals surface area contributed by atoms with Gasteiger partial charge in [0.2, 0.25) is 6.04 Å². The van der Waals surface area contributed by atoms with E-state index in [1.165, 1.54) is 7.11 Å². The molecule has 0 N–H and O–H groups in total. The number of rotatable bonds is 7. The summed E-state index contributed by atoms with van der Waals surface area (Å²) >= 11 is 0. The van der Waals surface area contributed by atoms with Crippen molar-refractivity contribution in [1.29, 1.82) is 0 Å². The van der Waals surface area contributed by atoms with Crippen LogP contribution in [0.4, 0.5) is 5.69 Å². The molecule has 0 spiro atoms. The predicted octanol–water partition coefficient (Wildman–Crippen LogP) is 1.63. The van der Waals surface area contributed by atoms with E-state index in [4.69, 9.17) is 0 Å². The number of nitrogens with zero attached hydrogens (tertiary/aromatic N) is 2. The number of carbonyl (C=O) groups is 2. The number of nitro groups is 1. The maximum absolute atomic E-state index is 11.4. The highest BCUT2D eigenvalue weighted by molar-refractivity contribution is 5.88. The van der Waals surface area contributed by atoms with Crippen molar-refractivity contribution in [2.24, 2.45) is 0 Å². The minimum Gasteiger partial charge on any atom is -0.469 e. The van der Waals surface area contributed by atoms with Crippen molar-refractivity contribution in [3.8, 4) is 0 Å². The number of carbonyl (C=O) groups excluding carboxylic acids is 2. The maximum Gasteiger partial charge on any atom is 0.307 e. The number of benzene rings is 1. The van der Waals surface area contributed by atoms with Gasteiger partial charge in [-0.05, 0) is 23.6 Å². The zero-order valence-corrected chi connectivity index (χ0v) is 13.3. The molecule has 7 nitrogen and oxygen atoms in total. The average Bonchev–Trinajstić information content (AvgIpc) is 2.94. The van der Waals surface area contributed by atoms with E-state index in [1.54, 1.807) is 13.0 Å². The van der Waals surface area contributed by atoms with E-state index in [0.29, 0.717) is 18.5 Å². The minimum absolute atomic E-state index is 0.258. The summed E-state index contributed by atoms with van der Waals surface area (Å²) in [6, 6.07) is 2.95. The van der Waals surface area contributed by atoms with Crippen molar-refractivity contribution in [3.05, 3.63) is 38.9 Å². The van der Waals surface area contributed by atoms with Gasteiger partial charge in [-0.25, -0.2) is 0 Å². The molecule has 0 saturated heterocycles. The van der Waals surface area contributed by atoms with Crippen molar-refractivity contribution < 1.29 is 19.2 Å². The summed E-state index contributed by atoms with van der Waals surface area (Å²) in [7, 11) is 1.35. The van der Waals surface area contributed by atoms with Crippen LogP contribution in [-0.2, 0) is 22.4 Å². The van der Waals surface area contributed by atoms with Gasteiger partial charge < -0.3 is 9.64 Å². The van der Waals surface area contributed by atoms with Crippen LogP contribution >= 0.6 is 0 Å². The molecule has 0 fully saturated rings. The fourth-order valence-corrected chi connectivity index (χ4v) is 2.91. The molecule has 0 saturated carbocycles. The zero-order valence-electron chi connectivity index (χ0n) is 13.3. The molecule has 1 aromatic carbocycles. The van der Waals surface area contributed by atoms with Crippen molar-refractivity contribution >= 4 is 17.9 Å². The highest BCUT2D eigenvalue weighted by Crippen LogP contribution is 2.33. The predicted molar refractivity (Wildman–Crippen MR) is 84.5 cm³/mol. The van der Waals surface area contributed by atoms with Crippen LogP contribution in [0, 0.1) is 10.1 Å². The van der Waals surface area contributed by atoms with Gasteiger partial charge in [0.05, 0.1) is 19.2 Å². The number of hydrogen-bond donors (Lipinski definition) is 0. The molecule has 0 aromatic heterocycles. The van der Waals surface area contributed by atoms with Gasteiger partial charge in [0.1, 0.15) is 0 Å². The SMILES string of the molecule is COC(=O)CCN1CCc2cc(CC(C)[N+](=O)[O-])cc(C=O)c21. The first kappa shape index (κ1) is 16.9. The number of fused-ring (bicyclic) bond motifs is 1. The Hall–Kier alpha value is -2.44. The number of methoxy groups -OCH3 is 1. The molecule has 124 valence electrons. The Balaban J connectivity index is 2.22. The van der Waals surface area contributed by atoms with Crippen LogP contribution < -0.4 is 4.90 Å². The van der Waals surface area contributed by atoms with Gasteiger partial charge in [-0.15, -0.1) is 0 Å². The molecule has 1 aromatic rings. The highest BCUT2D eigenvalue weighted by atomic mass is 16.6. The Labute approximate surface area is 134 Å². The van der Waals surface area contributed by atoms with E-state index in [9.17, 15) is 19.7 Å². The van der Waals surface area contributed by atoms with Crippen LogP contribution in [0.15, 0.2) is 12.1 Å². The van der Waals surface area contributed by atoms with Gasteiger partial charge in [-0.3, -0.25) is 19.7 Å². The fraction of sp³-hybridized carbons (Fsp3) is 0.500. The smallest absolute Gasteiger partial charge is 0.307 e. The molecule has 0 aliphatic carbocycles. The molecule has 1 unspecified atom stereocenters. The minimum atomic E-state index is -0.690. The van der Waals surface area contributed by atoms with E-state index >= 15 is 0 Å². The monoisotopic (exact) mass is 320 g/mol. The van der Waals surface area contributed by atoms with Crippen LogP contribution in [0.3, 0.4) is 0 Å². The van der Waals surface area contributed by atoms with Crippen LogP contribution in [0.25, 0.3) is 0 Å². The molecule has 1 atom stereocenters. The lowest BCUT2D eigenvalue weighted by Gasteiger charge is -2.20. The molecule has 0 bridgehead atoms. The number of anilines is 1. The Morgan fingerprint density at radius 3 is 2.87 bits per heavy atom. The molecule has 7 heteroatoms. The van der Waals surface area contributed by atoms with Crippen LogP contribution in [0.1, 0.15) is 34.8 Å². The van der Waals surface area contributed by atoms with E-state index < -0.39 is 6.04 Å².